The van der Waals surface area contributed by atoms with E-state index in [0.717, 1.165) is 0 Å². The fraction of sp³-hybridized carbons (Fsp3) is 0.684. The van der Waals surface area contributed by atoms with E-state index in [0.29, 0.717) is 64.8 Å². The molecule has 2 aliphatic carbocycles. The topological polar surface area (TPSA) is 108 Å². The lowest BCUT2D eigenvalue weighted by molar-refractivity contribution is -0.137. The summed E-state index contributed by atoms with van der Waals surface area (Å²) in [5.74, 6) is -0.853. The van der Waals surface area contributed by atoms with Gasteiger partial charge in [-0.3, -0.25) is 14.3 Å². The van der Waals surface area contributed by atoms with Crippen LogP contribution in [-0.4, -0.2) is 52.2 Å². The summed E-state index contributed by atoms with van der Waals surface area (Å²) in [5.41, 5.74) is -0.766. The monoisotopic (exact) mass is 378 g/mol. The second kappa shape index (κ2) is 8.21. The highest BCUT2D eigenvalue weighted by atomic mass is 16.5. The number of ether oxygens (including phenoxy) is 2. The number of aromatic carboxylic acids is 1. The molecule has 8 heteroatoms. The number of carbonyl (C=O) groups is 3. The largest absolute Gasteiger partial charge is 0.477 e. The van der Waals surface area contributed by atoms with Gasteiger partial charge >= 0.3 is 5.97 Å². The third-order valence-corrected chi connectivity index (χ3v) is 5.63. The minimum Gasteiger partial charge on any atom is -0.477 e. The Morgan fingerprint density at radius 1 is 1.26 bits per heavy atom. The highest BCUT2D eigenvalue weighted by Crippen LogP contribution is 2.47. The van der Waals surface area contributed by atoms with Crippen LogP contribution in [0.2, 0.25) is 0 Å². The van der Waals surface area contributed by atoms with Crippen LogP contribution in [0.5, 0.6) is 5.88 Å². The van der Waals surface area contributed by atoms with Crippen LogP contribution in [0.4, 0.5) is 0 Å². The van der Waals surface area contributed by atoms with Crippen molar-refractivity contribution in [1.82, 2.24) is 9.78 Å². The van der Waals surface area contributed by atoms with Gasteiger partial charge in [-0.25, -0.2) is 4.79 Å². The zero-order chi connectivity index (χ0) is 19.4. The smallest absolute Gasteiger partial charge is 0.342 e. The summed E-state index contributed by atoms with van der Waals surface area (Å²) in [4.78, 5) is 35.9. The number of Topliss-reactive ketones (excluding diaryl/α,β-unsaturated/α-hetero) is 2. The van der Waals surface area contributed by atoms with E-state index in [1.807, 2.05) is 6.92 Å². The van der Waals surface area contributed by atoms with Crippen molar-refractivity contribution in [2.75, 3.05) is 19.8 Å². The Bertz CT molecular complexity index is 700. The number of nitrogens with zero attached hydrogens (tertiary/aromatic N) is 2. The van der Waals surface area contributed by atoms with E-state index in [-0.39, 0.29) is 29.1 Å². The maximum absolute atomic E-state index is 12.2. The number of carbonyl (C=O) groups excluding carboxylic acids is 2. The Morgan fingerprint density at radius 3 is 2.52 bits per heavy atom. The molecule has 2 aliphatic rings. The lowest BCUT2D eigenvalue weighted by Crippen LogP contribution is -2.37. The van der Waals surface area contributed by atoms with Crippen LogP contribution in [0.25, 0.3) is 0 Å². The molecule has 8 nitrogen and oxygen atoms in total. The first-order valence-electron chi connectivity index (χ1n) is 9.57. The van der Waals surface area contributed by atoms with Gasteiger partial charge in [-0.15, -0.1) is 5.10 Å². The summed E-state index contributed by atoms with van der Waals surface area (Å²) in [6.07, 6.45) is 5.13. The minimum atomic E-state index is -1.09. The molecular formula is C19H26N2O6. The molecular weight excluding hydrogens is 352 g/mol. The first kappa shape index (κ1) is 19.5. The molecule has 1 N–H and O–H groups in total. The van der Waals surface area contributed by atoms with Crippen molar-refractivity contribution in [1.29, 1.82) is 0 Å². The predicted octanol–water partition coefficient (Wildman–Crippen LogP) is 2.42. The molecule has 0 aliphatic heterocycles. The van der Waals surface area contributed by atoms with Crippen molar-refractivity contribution < 1.29 is 29.0 Å². The zero-order valence-electron chi connectivity index (χ0n) is 15.6. The molecule has 1 heterocycles. The Balaban J connectivity index is 1.65. The second-order valence-corrected chi connectivity index (χ2v) is 7.19. The van der Waals surface area contributed by atoms with Gasteiger partial charge in [0.2, 0.25) is 5.88 Å². The van der Waals surface area contributed by atoms with E-state index < -0.39 is 11.4 Å². The Labute approximate surface area is 157 Å². The highest BCUT2D eigenvalue weighted by molar-refractivity contribution is 6.12. The average molecular weight is 378 g/mol. The number of ketones is 2. The second-order valence-electron chi connectivity index (χ2n) is 7.19. The zero-order valence-corrected chi connectivity index (χ0v) is 15.6. The van der Waals surface area contributed by atoms with Crippen molar-refractivity contribution in [3.8, 4) is 5.88 Å². The standard InChI is InChI=1S/C19H26N2O6/c1-2-26-10-3-11-27-17-14(18(24)25)12-21(20-17)13-6-8-19(9-7-13)15(22)4-5-16(19)23/h12-13H,2-11H2,1H3,(H,24,25). The SMILES string of the molecule is CCOCCCOc1nn(C2CCC3(CC2)C(=O)CCC3=O)cc1C(=O)O. The molecule has 0 saturated heterocycles. The predicted molar refractivity (Wildman–Crippen MR) is 95.0 cm³/mol. The number of hydrogen-bond acceptors (Lipinski definition) is 6. The Kier molecular flexibility index (Phi) is 5.94. The summed E-state index contributed by atoms with van der Waals surface area (Å²) >= 11 is 0. The quantitative estimate of drug-likeness (QED) is 0.547. The first-order chi connectivity index (χ1) is 13.0. The van der Waals surface area contributed by atoms with Crippen LogP contribution in [-0.2, 0) is 14.3 Å². The number of rotatable bonds is 8. The van der Waals surface area contributed by atoms with E-state index in [1.165, 1.54) is 6.20 Å². The third kappa shape index (κ3) is 3.90. The third-order valence-electron chi connectivity index (χ3n) is 5.63. The van der Waals surface area contributed by atoms with Crippen LogP contribution in [0, 0.1) is 5.41 Å². The lowest BCUT2D eigenvalue weighted by Gasteiger charge is -2.34. The van der Waals surface area contributed by atoms with Gasteiger partial charge in [0.1, 0.15) is 17.1 Å². The molecule has 0 atom stereocenters. The lowest BCUT2D eigenvalue weighted by atomic mass is 9.70. The van der Waals surface area contributed by atoms with Gasteiger partial charge in [0.05, 0.1) is 18.1 Å². The van der Waals surface area contributed by atoms with Crippen LogP contribution < -0.4 is 4.74 Å². The molecule has 0 aromatic carbocycles. The Morgan fingerprint density at radius 2 is 1.93 bits per heavy atom. The maximum Gasteiger partial charge on any atom is 0.342 e. The van der Waals surface area contributed by atoms with E-state index in [2.05, 4.69) is 5.10 Å². The molecule has 1 spiro atoms. The van der Waals surface area contributed by atoms with Gasteiger partial charge in [0, 0.05) is 38.7 Å². The van der Waals surface area contributed by atoms with Crippen molar-refractivity contribution >= 4 is 17.5 Å². The molecule has 3 rings (SSSR count). The van der Waals surface area contributed by atoms with Gasteiger partial charge in [-0.05, 0) is 32.6 Å². The van der Waals surface area contributed by atoms with Crippen molar-refractivity contribution in [2.45, 2.75) is 57.9 Å². The summed E-state index contributed by atoms with van der Waals surface area (Å²) < 4.78 is 12.4. The first-order valence-corrected chi connectivity index (χ1v) is 9.57. The summed E-state index contributed by atoms with van der Waals surface area (Å²) in [6, 6.07) is -0.0318. The van der Waals surface area contributed by atoms with Crippen LogP contribution in [0.1, 0.15) is 68.3 Å². The highest BCUT2D eigenvalue weighted by Gasteiger charge is 2.51. The van der Waals surface area contributed by atoms with Crippen LogP contribution >= 0.6 is 0 Å². The average Bonchev–Trinajstić information content (AvgIpc) is 3.20. The fourth-order valence-corrected chi connectivity index (χ4v) is 4.07. The minimum absolute atomic E-state index is 0.0275. The van der Waals surface area contributed by atoms with E-state index in [1.54, 1.807) is 4.68 Å². The van der Waals surface area contributed by atoms with Crippen molar-refractivity contribution in [3.63, 3.8) is 0 Å². The number of carboxylic acid groups (broad SMARTS) is 1. The molecule has 0 bridgehead atoms. The van der Waals surface area contributed by atoms with E-state index in [4.69, 9.17) is 9.47 Å². The number of carboxylic acids is 1. The molecule has 2 saturated carbocycles. The summed E-state index contributed by atoms with van der Waals surface area (Å²) in [7, 11) is 0. The van der Waals surface area contributed by atoms with Gasteiger partial charge in [0.15, 0.2) is 0 Å². The van der Waals surface area contributed by atoms with Crippen molar-refractivity contribution in [2.24, 2.45) is 5.41 Å². The van der Waals surface area contributed by atoms with E-state index >= 15 is 0 Å². The molecule has 0 radical (unpaired) electrons. The molecule has 1 aromatic heterocycles. The number of aromatic nitrogens is 2. The van der Waals surface area contributed by atoms with Crippen LogP contribution in [0.3, 0.4) is 0 Å². The Hall–Kier alpha value is -2.22. The van der Waals surface area contributed by atoms with Gasteiger partial charge in [-0.2, -0.15) is 0 Å². The molecule has 27 heavy (non-hydrogen) atoms. The van der Waals surface area contributed by atoms with Gasteiger partial charge in [0.25, 0.3) is 0 Å². The molecule has 148 valence electrons. The normalized spacial score (nSPS) is 19.7. The molecule has 0 amide bonds. The molecule has 0 unspecified atom stereocenters. The fourth-order valence-electron chi connectivity index (χ4n) is 4.07. The van der Waals surface area contributed by atoms with E-state index in [9.17, 15) is 19.5 Å². The summed E-state index contributed by atoms with van der Waals surface area (Å²) in [6.45, 7) is 3.41. The van der Waals surface area contributed by atoms with Gasteiger partial charge in [-0.1, -0.05) is 0 Å². The summed E-state index contributed by atoms with van der Waals surface area (Å²) in [5, 5.41) is 13.7. The number of hydrogen-bond donors (Lipinski definition) is 1. The van der Waals surface area contributed by atoms with Crippen LogP contribution in [0.15, 0.2) is 6.20 Å². The van der Waals surface area contributed by atoms with Gasteiger partial charge < -0.3 is 14.6 Å². The molecule has 2 fully saturated rings. The van der Waals surface area contributed by atoms with Crippen molar-refractivity contribution in [3.05, 3.63) is 11.8 Å². The maximum atomic E-state index is 12.2. The molecule has 1 aromatic rings.